The monoisotopic (exact) mass is 152 g/mol. The smallest absolute Gasteiger partial charge is 0.0269 e. The van der Waals surface area contributed by atoms with E-state index in [-0.39, 0.29) is 0 Å². The Hall–Kier alpha value is 0.400. The van der Waals surface area contributed by atoms with E-state index >= 15 is 0 Å². The van der Waals surface area contributed by atoms with Crippen LogP contribution in [-0.4, -0.2) is 12.6 Å². The molecule has 38 valence electrons. The number of hydrogen-bond acceptors (Lipinski definition) is 2. The molecule has 0 rings (SSSR count). The molecule has 3 N–H and O–H groups in total. The lowest BCUT2D eigenvalue weighted by molar-refractivity contribution is 0.712. The largest absolute Gasteiger partial charge is 0.329 e. The Morgan fingerprint density at radius 2 is 2.50 bits per heavy atom. The van der Waals surface area contributed by atoms with Crippen LogP contribution >= 0.6 is 16.1 Å². The number of rotatable bonds is 2. The molecule has 0 aliphatic heterocycles. The van der Waals surface area contributed by atoms with Gasteiger partial charge in [0.1, 0.15) is 0 Å². The number of halogens is 1. The van der Waals surface area contributed by atoms with Crippen LogP contribution in [0.15, 0.2) is 0 Å². The van der Waals surface area contributed by atoms with E-state index in [0.29, 0.717) is 12.6 Å². The van der Waals surface area contributed by atoms with Gasteiger partial charge in [-0.2, -0.15) is 0 Å². The van der Waals surface area contributed by atoms with Crippen molar-refractivity contribution in [1.82, 2.24) is 4.34 Å². The van der Waals surface area contributed by atoms with Gasteiger partial charge >= 0.3 is 0 Å². The van der Waals surface area contributed by atoms with Gasteiger partial charge in [-0.05, 0) is 6.92 Å². The fourth-order valence-electron chi connectivity index (χ4n) is 0.0445. The van der Waals surface area contributed by atoms with Crippen LogP contribution in [0.1, 0.15) is 6.92 Å². The lowest BCUT2D eigenvalue weighted by Gasteiger charge is -2.00. The Balaban J connectivity index is 2.75. The van der Waals surface area contributed by atoms with E-state index in [0.717, 1.165) is 0 Å². The first-order chi connectivity index (χ1) is 2.81. The Morgan fingerprint density at radius 1 is 2.00 bits per heavy atom. The van der Waals surface area contributed by atoms with Crippen LogP contribution in [0.2, 0.25) is 0 Å². The van der Waals surface area contributed by atoms with Crippen molar-refractivity contribution >= 4 is 16.1 Å². The minimum atomic E-state index is 0.380. The minimum Gasteiger partial charge on any atom is -0.329 e. The second-order valence-electron chi connectivity index (χ2n) is 1.25. The maximum Gasteiger partial charge on any atom is 0.0269 e. The van der Waals surface area contributed by atoms with Gasteiger partial charge in [0.05, 0.1) is 0 Å². The molecular formula is C3H9BrN2. The Bertz CT molecular complexity index is 28.0. The molecule has 0 aromatic carbocycles. The predicted molar refractivity (Wildman–Crippen MR) is 30.6 cm³/mol. The van der Waals surface area contributed by atoms with Gasteiger partial charge in [0, 0.05) is 28.7 Å². The first-order valence-corrected chi connectivity index (χ1v) is 2.66. The highest BCUT2D eigenvalue weighted by Gasteiger charge is 1.88. The lowest BCUT2D eigenvalue weighted by Crippen LogP contribution is -2.25. The van der Waals surface area contributed by atoms with E-state index in [4.69, 9.17) is 5.73 Å². The summed E-state index contributed by atoms with van der Waals surface area (Å²) < 4.78 is 2.80. The zero-order valence-corrected chi connectivity index (χ0v) is 5.33. The highest BCUT2D eigenvalue weighted by atomic mass is 79.9. The van der Waals surface area contributed by atoms with Gasteiger partial charge in [0.25, 0.3) is 0 Å². The van der Waals surface area contributed by atoms with Crippen molar-refractivity contribution in [1.29, 1.82) is 0 Å². The molecule has 0 saturated heterocycles. The number of nitrogens with two attached hydrogens (primary N) is 1. The highest BCUT2D eigenvalue weighted by Crippen LogP contribution is 1.76. The first-order valence-electron chi connectivity index (χ1n) is 1.87. The first kappa shape index (κ1) is 6.40. The average Bonchev–Trinajstić information content (AvgIpc) is 1.65. The maximum atomic E-state index is 5.19. The normalized spacial score (nSPS) is 14.5. The lowest BCUT2D eigenvalue weighted by atomic mass is 10.4. The molecule has 0 aliphatic rings. The second kappa shape index (κ2) is 3.59. The SMILES string of the molecule is CC(CN)NBr. The van der Waals surface area contributed by atoms with Gasteiger partial charge in [0.15, 0.2) is 0 Å². The van der Waals surface area contributed by atoms with Crippen molar-refractivity contribution in [3.05, 3.63) is 0 Å². The van der Waals surface area contributed by atoms with E-state index in [1.807, 2.05) is 6.92 Å². The van der Waals surface area contributed by atoms with Gasteiger partial charge in [-0.25, -0.2) is 0 Å². The van der Waals surface area contributed by atoms with Gasteiger partial charge in [-0.1, -0.05) is 0 Å². The summed E-state index contributed by atoms with van der Waals surface area (Å²) in [5.41, 5.74) is 5.19. The summed E-state index contributed by atoms with van der Waals surface area (Å²) in [5, 5.41) is 0. The zero-order chi connectivity index (χ0) is 4.99. The fraction of sp³-hybridized carbons (Fsp3) is 1.00. The molecule has 2 nitrogen and oxygen atoms in total. The van der Waals surface area contributed by atoms with Crippen LogP contribution in [0.5, 0.6) is 0 Å². The quantitative estimate of drug-likeness (QED) is 0.557. The van der Waals surface area contributed by atoms with Gasteiger partial charge in [-0.3, -0.25) is 4.34 Å². The van der Waals surface area contributed by atoms with E-state index in [1.54, 1.807) is 0 Å². The summed E-state index contributed by atoms with van der Waals surface area (Å²) in [4.78, 5) is 0. The van der Waals surface area contributed by atoms with Crippen molar-refractivity contribution in [3.8, 4) is 0 Å². The molecule has 1 unspecified atom stereocenters. The third kappa shape index (κ3) is 2.63. The van der Waals surface area contributed by atoms with Crippen LogP contribution in [0.4, 0.5) is 0 Å². The number of hydrogen-bond donors (Lipinski definition) is 2. The molecule has 0 amide bonds. The van der Waals surface area contributed by atoms with Crippen molar-refractivity contribution in [2.45, 2.75) is 13.0 Å². The molecule has 0 fully saturated rings. The summed E-state index contributed by atoms with van der Waals surface area (Å²) in [6, 6.07) is 0.380. The van der Waals surface area contributed by atoms with Crippen molar-refractivity contribution in [2.24, 2.45) is 5.73 Å². The molecule has 0 heterocycles. The fourth-order valence-corrected chi connectivity index (χ4v) is 0.231. The zero-order valence-electron chi connectivity index (χ0n) is 3.74. The summed E-state index contributed by atoms with van der Waals surface area (Å²) in [7, 11) is 0. The topological polar surface area (TPSA) is 38.0 Å². The molecule has 0 aromatic rings. The van der Waals surface area contributed by atoms with Crippen molar-refractivity contribution in [2.75, 3.05) is 6.54 Å². The molecule has 0 aliphatic carbocycles. The third-order valence-electron chi connectivity index (χ3n) is 0.540. The molecule has 0 aromatic heterocycles. The molecule has 3 heteroatoms. The van der Waals surface area contributed by atoms with Gasteiger partial charge in [0.2, 0.25) is 0 Å². The van der Waals surface area contributed by atoms with Crippen LogP contribution < -0.4 is 10.1 Å². The van der Waals surface area contributed by atoms with E-state index in [9.17, 15) is 0 Å². The molecule has 6 heavy (non-hydrogen) atoms. The molecule has 0 radical (unpaired) electrons. The molecular weight excluding hydrogens is 144 g/mol. The second-order valence-corrected chi connectivity index (χ2v) is 1.70. The van der Waals surface area contributed by atoms with Crippen LogP contribution in [-0.2, 0) is 0 Å². The van der Waals surface area contributed by atoms with E-state index in [2.05, 4.69) is 20.5 Å². The Labute approximate surface area is 46.4 Å². The Morgan fingerprint density at radius 3 is 2.50 bits per heavy atom. The molecule has 1 atom stereocenters. The Kier molecular flexibility index (Phi) is 3.82. The predicted octanol–water partition coefficient (Wildman–Crippen LogP) is 0.233. The molecule has 0 spiro atoms. The van der Waals surface area contributed by atoms with Gasteiger partial charge < -0.3 is 5.73 Å². The van der Waals surface area contributed by atoms with Crippen LogP contribution in [0, 0.1) is 0 Å². The summed E-state index contributed by atoms with van der Waals surface area (Å²) in [5.74, 6) is 0. The maximum absolute atomic E-state index is 5.19. The minimum absolute atomic E-state index is 0.380. The highest BCUT2D eigenvalue weighted by molar-refractivity contribution is 9.08. The summed E-state index contributed by atoms with van der Waals surface area (Å²) in [6.45, 7) is 2.67. The third-order valence-corrected chi connectivity index (χ3v) is 1.32. The molecule has 0 bridgehead atoms. The van der Waals surface area contributed by atoms with E-state index in [1.165, 1.54) is 0 Å². The van der Waals surface area contributed by atoms with Crippen molar-refractivity contribution < 1.29 is 0 Å². The van der Waals surface area contributed by atoms with Crippen LogP contribution in [0.25, 0.3) is 0 Å². The summed E-state index contributed by atoms with van der Waals surface area (Å²) >= 11 is 3.04. The molecule has 0 saturated carbocycles. The summed E-state index contributed by atoms with van der Waals surface area (Å²) in [6.07, 6.45) is 0. The van der Waals surface area contributed by atoms with E-state index < -0.39 is 0 Å². The average molecular weight is 153 g/mol. The van der Waals surface area contributed by atoms with Crippen molar-refractivity contribution in [3.63, 3.8) is 0 Å². The standard InChI is InChI=1S/C3H9BrN2/c1-3(2-5)6-4/h3,6H,2,5H2,1H3. The number of nitrogens with one attached hydrogen (secondary N) is 1. The van der Waals surface area contributed by atoms with Gasteiger partial charge in [-0.15, -0.1) is 0 Å². The van der Waals surface area contributed by atoms with Crippen LogP contribution in [0.3, 0.4) is 0 Å².